The van der Waals surface area contributed by atoms with Gasteiger partial charge in [-0.3, -0.25) is 0 Å². The average molecular weight is 285 g/mol. The van der Waals surface area contributed by atoms with Gasteiger partial charge in [0.2, 0.25) is 0 Å². The first-order chi connectivity index (χ1) is 10.3. The van der Waals surface area contributed by atoms with Crippen molar-refractivity contribution in [1.82, 2.24) is 5.32 Å². The van der Waals surface area contributed by atoms with Gasteiger partial charge in [-0.1, -0.05) is 60.7 Å². The van der Waals surface area contributed by atoms with E-state index in [1.165, 1.54) is 11.1 Å². The molecule has 0 fully saturated rings. The monoisotopic (exact) mass is 285 g/mol. The summed E-state index contributed by atoms with van der Waals surface area (Å²) in [5.41, 5.74) is 2.50. The second kappa shape index (κ2) is 8.57. The Balaban J connectivity index is 2.06. The molecule has 21 heavy (non-hydrogen) atoms. The molecule has 0 bridgehead atoms. The highest BCUT2D eigenvalue weighted by molar-refractivity contribution is 5.19. The molecular formula is C18H23NO2. The zero-order chi connectivity index (χ0) is 14.9. The van der Waals surface area contributed by atoms with E-state index in [1.807, 2.05) is 36.4 Å². The molecule has 2 aromatic rings. The van der Waals surface area contributed by atoms with Gasteiger partial charge in [-0.25, -0.2) is 0 Å². The first-order valence-electron chi connectivity index (χ1n) is 7.37. The number of nitrogens with one attached hydrogen (secondary N) is 1. The van der Waals surface area contributed by atoms with Gasteiger partial charge in [0.25, 0.3) is 0 Å². The number of hydrogen-bond donors (Lipinski definition) is 3. The molecule has 3 heteroatoms. The van der Waals surface area contributed by atoms with Crippen molar-refractivity contribution in [3.8, 4) is 0 Å². The summed E-state index contributed by atoms with van der Waals surface area (Å²) in [6.07, 6.45) is 1.73. The third-order valence-electron chi connectivity index (χ3n) is 3.56. The van der Waals surface area contributed by atoms with Crippen LogP contribution in [0.2, 0.25) is 0 Å². The third kappa shape index (κ3) is 5.31. The molecule has 0 atom stereocenters. The van der Waals surface area contributed by atoms with E-state index in [4.69, 9.17) is 0 Å². The second-order valence-electron chi connectivity index (χ2n) is 5.31. The minimum atomic E-state index is -0.276. The molecule has 0 amide bonds. The molecule has 0 saturated heterocycles. The fraction of sp³-hybridized carbons (Fsp3) is 0.333. The zero-order valence-corrected chi connectivity index (χ0v) is 12.2. The van der Waals surface area contributed by atoms with Crippen LogP contribution in [0.4, 0.5) is 0 Å². The standard InChI is InChI=1S/C18H23NO2/c20-13-18(14-21)19-17(11-15-7-3-1-4-8-15)12-16-9-5-2-6-10-16/h1-10,17-21H,11-14H2. The molecule has 0 radical (unpaired) electrons. The lowest BCUT2D eigenvalue weighted by atomic mass is 9.98. The lowest BCUT2D eigenvalue weighted by Crippen LogP contribution is -2.45. The Hall–Kier alpha value is -1.68. The van der Waals surface area contributed by atoms with Crippen molar-refractivity contribution in [2.45, 2.75) is 24.9 Å². The molecule has 0 aromatic heterocycles. The number of hydrogen-bond acceptors (Lipinski definition) is 3. The lowest BCUT2D eigenvalue weighted by Gasteiger charge is -2.24. The number of rotatable bonds is 8. The van der Waals surface area contributed by atoms with Gasteiger partial charge < -0.3 is 15.5 Å². The first kappa shape index (κ1) is 15.7. The van der Waals surface area contributed by atoms with Gasteiger partial charge in [0.15, 0.2) is 0 Å². The van der Waals surface area contributed by atoms with Gasteiger partial charge >= 0.3 is 0 Å². The normalized spacial score (nSPS) is 11.2. The zero-order valence-electron chi connectivity index (χ0n) is 12.2. The summed E-state index contributed by atoms with van der Waals surface area (Å²) in [4.78, 5) is 0. The van der Waals surface area contributed by atoms with Crippen LogP contribution in [0.1, 0.15) is 11.1 Å². The second-order valence-corrected chi connectivity index (χ2v) is 5.31. The van der Waals surface area contributed by atoms with E-state index in [0.29, 0.717) is 0 Å². The summed E-state index contributed by atoms with van der Waals surface area (Å²) in [5.74, 6) is 0. The van der Waals surface area contributed by atoms with Gasteiger partial charge in [-0.05, 0) is 24.0 Å². The molecule has 3 nitrogen and oxygen atoms in total. The van der Waals surface area contributed by atoms with Crippen LogP contribution in [0.5, 0.6) is 0 Å². The highest BCUT2D eigenvalue weighted by atomic mass is 16.3. The summed E-state index contributed by atoms with van der Waals surface area (Å²) in [7, 11) is 0. The van der Waals surface area contributed by atoms with Crippen LogP contribution < -0.4 is 5.32 Å². The summed E-state index contributed by atoms with van der Waals surface area (Å²) >= 11 is 0. The van der Waals surface area contributed by atoms with E-state index in [0.717, 1.165) is 12.8 Å². The van der Waals surface area contributed by atoms with Crippen molar-refractivity contribution < 1.29 is 10.2 Å². The van der Waals surface area contributed by atoms with E-state index in [9.17, 15) is 10.2 Å². The summed E-state index contributed by atoms with van der Waals surface area (Å²) in [6, 6.07) is 20.5. The Morgan fingerprint density at radius 1 is 0.667 bits per heavy atom. The van der Waals surface area contributed by atoms with E-state index in [1.54, 1.807) is 0 Å². The molecule has 3 N–H and O–H groups in total. The quantitative estimate of drug-likeness (QED) is 0.693. The van der Waals surface area contributed by atoms with Gasteiger partial charge in [0.1, 0.15) is 0 Å². The molecule has 2 rings (SSSR count). The van der Waals surface area contributed by atoms with E-state index >= 15 is 0 Å². The van der Waals surface area contributed by atoms with Crippen molar-refractivity contribution in [2.24, 2.45) is 0 Å². The van der Waals surface area contributed by atoms with Gasteiger partial charge in [-0.15, -0.1) is 0 Å². The van der Waals surface area contributed by atoms with Crippen LogP contribution in [0.15, 0.2) is 60.7 Å². The predicted octanol–water partition coefficient (Wildman–Crippen LogP) is 1.78. The number of aliphatic hydroxyl groups is 2. The maximum Gasteiger partial charge on any atom is 0.0607 e. The minimum absolute atomic E-state index is 0.0589. The summed E-state index contributed by atoms with van der Waals surface area (Å²) in [6.45, 7) is -0.118. The van der Waals surface area contributed by atoms with E-state index in [2.05, 4.69) is 29.6 Å². The molecule has 2 aromatic carbocycles. The molecule has 0 aliphatic heterocycles. The fourth-order valence-corrected chi connectivity index (χ4v) is 2.48. The van der Waals surface area contributed by atoms with Crippen LogP contribution in [0.25, 0.3) is 0 Å². The van der Waals surface area contributed by atoms with Crippen LogP contribution >= 0.6 is 0 Å². The number of aliphatic hydroxyl groups excluding tert-OH is 2. The van der Waals surface area contributed by atoms with Crippen LogP contribution in [0.3, 0.4) is 0 Å². The molecule has 0 aliphatic rings. The van der Waals surface area contributed by atoms with Gasteiger partial charge in [-0.2, -0.15) is 0 Å². The Morgan fingerprint density at radius 3 is 1.48 bits per heavy atom. The number of benzene rings is 2. The van der Waals surface area contributed by atoms with Gasteiger partial charge in [0.05, 0.1) is 19.3 Å². The highest BCUT2D eigenvalue weighted by Crippen LogP contribution is 2.10. The Kier molecular flexibility index (Phi) is 6.41. The van der Waals surface area contributed by atoms with Crippen molar-refractivity contribution >= 4 is 0 Å². The SMILES string of the molecule is OCC(CO)NC(Cc1ccccc1)Cc1ccccc1. The molecule has 0 spiro atoms. The Labute approximate surface area is 126 Å². The van der Waals surface area contributed by atoms with Gasteiger partial charge in [0, 0.05) is 6.04 Å². The van der Waals surface area contributed by atoms with Crippen LogP contribution in [0, 0.1) is 0 Å². The first-order valence-corrected chi connectivity index (χ1v) is 7.37. The Morgan fingerprint density at radius 2 is 1.10 bits per heavy atom. The highest BCUT2D eigenvalue weighted by Gasteiger charge is 2.15. The summed E-state index contributed by atoms with van der Waals surface area (Å²) < 4.78 is 0. The molecular weight excluding hydrogens is 262 g/mol. The minimum Gasteiger partial charge on any atom is -0.395 e. The predicted molar refractivity (Wildman–Crippen MR) is 85.2 cm³/mol. The maximum absolute atomic E-state index is 9.28. The van der Waals surface area contributed by atoms with Crippen molar-refractivity contribution in [3.63, 3.8) is 0 Å². The Bertz CT molecular complexity index is 456. The van der Waals surface area contributed by atoms with Crippen molar-refractivity contribution in [1.29, 1.82) is 0 Å². The molecule has 112 valence electrons. The average Bonchev–Trinajstić information content (AvgIpc) is 2.54. The molecule has 0 saturated carbocycles. The fourth-order valence-electron chi connectivity index (χ4n) is 2.48. The topological polar surface area (TPSA) is 52.5 Å². The lowest BCUT2D eigenvalue weighted by molar-refractivity contribution is 0.161. The van der Waals surface area contributed by atoms with E-state index in [-0.39, 0.29) is 25.3 Å². The summed E-state index contributed by atoms with van der Waals surface area (Å²) in [5, 5.41) is 21.9. The third-order valence-corrected chi connectivity index (χ3v) is 3.56. The van der Waals surface area contributed by atoms with Crippen molar-refractivity contribution in [2.75, 3.05) is 13.2 Å². The maximum atomic E-state index is 9.28. The largest absolute Gasteiger partial charge is 0.395 e. The molecule has 0 unspecified atom stereocenters. The smallest absolute Gasteiger partial charge is 0.0607 e. The van der Waals surface area contributed by atoms with Crippen molar-refractivity contribution in [3.05, 3.63) is 71.8 Å². The van der Waals surface area contributed by atoms with Crippen LogP contribution in [-0.2, 0) is 12.8 Å². The molecule has 0 aliphatic carbocycles. The molecule has 0 heterocycles. The van der Waals surface area contributed by atoms with Crippen LogP contribution in [-0.4, -0.2) is 35.5 Å². The van der Waals surface area contributed by atoms with E-state index < -0.39 is 0 Å².